The van der Waals surface area contributed by atoms with Crippen LogP contribution in [0.2, 0.25) is 0 Å². The van der Waals surface area contributed by atoms with Crippen molar-refractivity contribution in [3.63, 3.8) is 0 Å². The summed E-state index contributed by atoms with van der Waals surface area (Å²) in [6.07, 6.45) is 7.02. The van der Waals surface area contributed by atoms with E-state index in [2.05, 4.69) is 6.92 Å². The standard InChI is InChI=1S/C15H28O3/c1-4-12-8-7-9-13(11-10-12)15(17,5-2)14(16)18-6-3/h12-13,17H,4-11H2,1-3H3. The van der Waals surface area contributed by atoms with Gasteiger partial charge >= 0.3 is 5.97 Å². The molecule has 1 fully saturated rings. The Labute approximate surface area is 111 Å². The van der Waals surface area contributed by atoms with Gasteiger partial charge in [-0.1, -0.05) is 39.5 Å². The molecule has 18 heavy (non-hydrogen) atoms. The van der Waals surface area contributed by atoms with Crippen molar-refractivity contribution in [2.75, 3.05) is 6.61 Å². The molecule has 0 saturated heterocycles. The second-order valence-corrected chi connectivity index (χ2v) is 5.48. The number of hydrogen-bond donors (Lipinski definition) is 1. The normalized spacial score (nSPS) is 28.2. The average Bonchev–Trinajstić information content (AvgIpc) is 2.63. The molecule has 0 spiro atoms. The SMILES string of the molecule is CCOC(=O)C(O)(CC)C1CCCC(CC)CC1. The maximum absolute atomic E-state index is 12.0. The first-order chi connectivity index (χ1) is 8.58. The van der Waals surface area contributed by atoms with Gasteiger partial charge in [0.05, 0.1) is 6.61 Å². The van der Waals surface area contributed by atoms with E-state index in [-0.39, 0.29) is 5.92 Å². The molecule has 3 heteroatoms. The highest BCUT2D eigenvalue weighted by molar-refractivity contribution is 5.79. The van der Waals surface area contributed by atoms with Crippen molar-refractivity contribution in [3.05, 3.63) is 0 Å². The van der Waals surface area contributed by atoms with Crippen LogP contribution in [0.25, 0.3) is 0 Å². The first-order valence-electron chi connectivity index (χ1n) is 7.48. The lowest BCUT2D eigenvalue weighted by molar-refractivity contribution is -0.172. The van der Waals surface area contributed by atoms with Crippen LogP contribution in [0.15, 0.2) is 0 Å². The van der Waals surface area contributed by atoms with E-state index >= 15 is 0 Å². The van der Waals surface area contributed by atoms with Crippen LogP contribution in [0.4, 0.5) is 0 Å². The molecule has 3 nitrogen and oxygen atoms in total. The van der Waals surface area contributed by atoms with Gasteiger partial charge in [0.1, 0.15) is 0 Å². The highest BCUT2D eigenvalue weighted by Gasteiger charge is 2.43. The molecule has 0 aromatic carbocycles. The van der Waals surface area contributed by atoms with Gasteiger partial charge in [-0.2, -0.15) is 0 Å². The topological polar surface area (TPSA) is 46.5 Å². The Balaban J connectivity index is 2.72. The largest absolute Gasteiger partial charge is 0.464 e. The van der Waals surface area contributed by atoms with E-state index < -0.39 is 11.6 Å². The number of ether oxygens (including phenoxy) is 1. The Morgan fingerprint density at radius 3 is 2.50 bits per heavy atom. The molecule has 106 valence electrons. The molecule has 0 bridgehead atoms. The first kappa shape index (κ1) is 15.5. The van der Waals surface area contributed by atoms with Crippen LogP contribution < -0.4 is 0 Å². The zero-order chi connectivity index (χ0) is 13.6. The number of carbonyl (C=O) groups excluding carboxylic acids is 1. The van der Waals surface area contributed by atoms with Crippen LogP contribution in [-0.4, -0.2) is 23.3 Å². The third kappa shape index (κ3) is 3.47. The smallest absolute Gasteiger partial charge is 0.338 e. The van der Waals surface area contributed by atoms with Crippen molar-refractivity contribution >= 4 is 5.97 Å². The molecule has 0 heterocycles. The lowest BCUT2D eigenvalue weighted by atomic mass is 9.80. The van der Waals surface area contributed by atoms with E-state index in [0.717, 1.165) is 31.6 Å². The van der Waals surface area contributed by atoms with Crippen LogP contribution >= 0.6 is 0 Å². The maximum Gasteiger partial charge on any atom is 0.338 e. The summed E-state index contributed by atoms with van der Waals surface area (Å²) >= 11 is 0. The number of rotatable bonds is 5. The van der Waals surface area contributed by atoms with E-state index in [1.807, 2.05) is 6.92 Å². The molecule has 1 rings (SSSR count). The fourth-order valence-corrected chi connectivity index (χ4v) is 3.12. The molecule has 0 aliphatic heterocycles. The molecule has 1 saturated carbocycles. The predicted molar refractivity (Wildman–Crippen MR) is 72.2 cm³/mol. The monoisotopic (exact) mass is 256 g/mol. The summed E-state index contributed by atoms with van der Waals surface area (Å²) in [6.45, 7) is 6.22. The molecule has 0 aromatic heterocycles. The van der Waals surface area contributed by atoms with Crippen molar-refractivity contribution in [2.24, 2.45) is 11.8 Å². The number of esters is 1. The second kappa shape index (κ2) is 7.13. The van der Waals surface area contributed by atoms with Gasteiger partial charge in [-0.25, -0.2) is 4.79 Å². The van der Waals surface area contributed by atoms with Gasteiger partial charge in [0.2, 0.25) is 0 Å². The minimum Gasteiger partial charge on any atom is -0.464 e. The Morgan fingerprint density at radius 2 is 1.94 bits per heavy atom. The fourth-order valence-electron chi connectivity index (χ4n) is 3.12. The fraction of sp³-hybridized carbons (Fsp3) is 0.933. The second-order valence-electron chi connectivity index (χ2n) is 5.48. The zero-order valence-corrected chi connectivity index (χ0v) is 12.1. The maximum atomic E-state index is 12.0. The summed E-state index contributed by atoms with van der Waals surface area (Å²) in [5.74, 6) is 0.406. The van der Waals surface area contributed by atoms with Crippen molar-refractivity contribution < 1.29 is 14.6 Å². The van der Waals surface area contributed by atoms with Gasteiger partial charge in [0, 0.05) is 0 Å². The van der Waals surface area contributed by atoms with Gasteiger partial charge in [0.25, 0.3) is 0 Å². The first-order valence-corrected chi connectivity index (χ1v) is 7.48. The molecule has 1 aliphatic carbocycles. The summed E-state index contributed by atoms with van der Waals surface area (Å²) in [5, 5.41) is 10.7. The number of aliphatic hydroxyl groups is 1. The average molecular weight is 256 g/mol. The summed E-state index contributed by atoms with van der Waals surface area (Å²) in [4.78, 5) is 12.0. The molecule has 3 unspecified atom stereocenters. The molecule has 0 radical (unpaired) electrons. The molecule has 0 amide bonds. The van der Waals surface area contributed by atoms with Gasteiger partial charge in [-0.05, 0) is 38.0 Å². The van der Waals surface area contributed by atoms with Gasteiger partial charge in [-0.3, -0.25) is 0 Å². The van der Waals surface area contributed by atoms with Crippen LogP contribution in [-0.2, 0) is 9.53 Å². The Kier molecular flexibility index (Phi) is 6.13. The lowest BCUT2D eigenvalue weighted by Gasteiger charge is -2.32. The highest BCUT2D eigenvalue weighted by Crippen LogP contribution is 2.37. The molecular formula is C15H28O3. The van der Waals surface area contributed by atoms with E-state index in [1.165, 1.54) is 12.8 Å². The minimum absolute atomic E-state index is 0.0677. The molecule has 1 aliphatic rings. The van der Waals surface area contributed by atoms with Crippen molar-refractivity contribution in [1.82, 2.24) is 0 Å². The van der Waals surface area contributed by atoms with Crippen molar-refractivity contribution in [3.8, 4) is 0 Å². The zero-order valence-electron chi connectivity index (χ0n) is 12.1. The van der Waals surface area contributed by atoms with E-state index in [4.69, 9.17) is 4.74 Å². The summed E-state index contributed by atoms with van der Waals surface area (Å²) in [7, 11) is 0. The molecule has 3 atom stereocenters. The van der Waals surface area contributed by atoms with E-state index in [0.29, 0.717) is 13.0 Å². The van der Waals surface area contributed by atoms with Gasteiger partial charge < -0.3 is 9.84 Å². The van der Waals surface area contributed by atoms with Gasteiger partial charge in [0.15, 0.2) is 5.60 Å². The van der Waals surface area contributed by atoms with Gasteiger partial charge in [-0.15, -0.1) is 0 Å². The molecule has 0 aromatic rings. The Bertz CT molecular complexity index is 264. The van der Waals surface area contributed by atoms with Crippen molar-refractivity contribution in [2.45, 2.75) is 71.3 Å². The van der Waals surface area contributed by atoms with Crippen LogP contribution in [0.5, 0.6) is 0 Å². The predicted octanol–water partition coefficient (Wildman–Crippen LogP) is 3.30. The highest BCUT2D eigenvalue weighted by atomic mass is 16.5. The van der Waals surface area contributed by atoms with Crippen LogP contribution in [0.1, 0.15) is 65.7 Å². The quantitative estimate of drug-likeness (QED) is 0.606. The third-order valence-corrected chi connectivity index (χ3v) is 4.51. The minimum atomic E-state index is -1.27. The summed E-state index contributed by atoms with van der Waals surface area (Å²) in [6, 6.07) is 0. The lowest BCUT2D eigenvalue weighted by Crippen LogP contribution is -2.46. The van der Waals surface area contributed by atoms with Crippen LogP contribution in [0, 0.1) is 11.8 Å². The molecular weight excluding hydrogens is 228 g/mol. The van der Waals surface area contributed by atoms with Crippen LogP contribution in [0.3, 0.4) is 0 Å². The number of hydrogen-bond acceptors (Lipinski definition) is 3. The third-order valence-electron chi connectivity index (χ3n) is 4.51. The van der Waals surface area contributed by atoms with E-state index in [9.17, 15) is 9.90 Å². The molecule has 1 N–H and O–H groups in total. The van der Waals surface area contributed by atoms with Crippen molar-refractivity contribution in [1.29, 1.82) is 0 Å². The Hall–Kier alpha value is -0.570. The Morgan fingerprint density at radius 1 is 1.22 bits per heavy atom. The van der Waals surface area contributed by atoms with E-state index in [1.54, 1.807) is 6.92 Å². The summed E-state index contributed by atoms with van der Waals surface area (Å²) in [5.41, 5.74) is -1.27. The number of carbonyl (C=O) groups is 1. The summed E-state index contributed by atoms with van der Waals surface area (Å²) < 4.78 is 5.06.